The van der Waals surface area contributed by atoms with Crippen molar-refractivity contribution in [2.45, 2.75) is 13.0 Å². The van der Waals surface area contributed by atoms with Crippen molar-refractivity contribution in [3.63, 3.8) is 0 Å². The van der Waals surface area contributed by atoms with Gasteiger partial charge in [-0.25, -0.2) is 0 Å². The molecule has 1 atom stereocenters. The summed E-state index contributed by atoms with van der Waals surface area (Å²) in [6.07, 6.45) is 0. The van der Waals surface area contributed by atoms with E-state index in [0.29, 0.717) is 19.3 Å². The molecule has 0 bridgehead atoms. The maximum Gasteiger partial charge on any atom is 0.161 e. The second-order valence-electron chi connectivity index (χ2n) is 4.96. The van der Waals surface area contributed by atoms with Crippen LogP contribution in [0.3, 0.4) is 0 Å². The summed E-state index contributed by atoms with van der Waals surface area (Å²) < 4.78 is 11.2. The summed E-state index contributed by atoms with van der Waals surface area (Å²) in [5.74, 6) is 1.67. The molecule has 0 fully saturated rings. The highest BCUT2D eigenvalue weighted by molar-refractivity contribution is 5.71. The van der Waals surface area contributed by atoms with Gasteiger partial charge in [0.05, 0.1) is 0 Å². The van der Waals surface area contributed by atoms with E-state index in [0.717, 1.165) is 17.1 Å². The first-order valence-corrected chi connectivity index (χ1v) is 6.96. The number of hydrogen-bond donors (Lipinski definition) is 1. The molecule has 1 aliphatic heterocycles. The Morgan fingerprint density at radius 2 is 1.75 bits per heavy atom. The van der Waals surface area contributed by atoms with Gasteiger partial charge in [-0.1, -0.05) is 30.3 Å². The van der Waals surface area contributed by atoms with E-state index in [1.807, 2.05) is 13.1 Å². The SMILES string of the molecule is CNC(C)c1ccccc1-c1ccc2c(c1)OCCO2. The van der Waals surface area contributed by atoms with Gasteiger partial charge in [0.15, 0.2) is 11.5 Å². The number of ether oxygens (including phenoxy) is 2. The molecule has 0 aromatic heterocycles. The molecule has 1 unspecified atom stereocenters. The first-order chi connectivity index (χ1) is 9.79. The summed E-state index contributed by atoms with van der Waals surface area (Å²) >= 11 is 0. The van der Waals surface area contributed by atoms with Crippen LogP contribution in [0.15, 0.2) is 42.5 Å². The normalized spacial score (nSPS) is 14.9. The molecule has 0 saturated carbocycles. The molecule has 104 valence electrons. The molecule has 2 aromatic rings. The molecule has 0 radical (unpaired) electrons. The van der Waals surface area contributed by atoms with Crippen LogP contribution >= 0.6 is 0 Å². The first-order valence-electron chi connectivity index (χ1n) is 6.96. The van der Waals surface area contributed by atoms with Gasteiger partial charge < -0.3 is 14.8 Å². The molecule has 3 rings (SSSR count). The quantitative estimate of drug-likeness (QED) is 0.926. The number of nitrogens with one attached hydrogen (secondary N) is 1. The Hall–Kier alpha value is -2.00. The highest BCUT2D eigenvalue weighted by Gasteiger charge is 2.15. The zero-order valence-corrected chi connectivity index (χ0v) is 11.8. The van der Waals surface area contributed by atoms with E-state index < -0.39 is 0 Å². The molecule has 1 aliphatic rings. The largest absolute Gasteiger partial charge is 0.486 e. The van der Waals surface area contributed by atoms with Crippen molar-refractivity contribution in [3.05, 3.63) is 48.0 Å². The smallest absolute Gasteiger partial charge is 0.161 e. The predicted molar refractivity (Wildman–Crippen MR) is 80.3 cm³/mol. The number of rotatable bonds is 3. The Kier molecular flexibility index (Phi) is 3.61. The Bertz CT molecular complexity index is 610. The summed E-state index contributed by atoms with van der Waals surface area (Å²) in [5.41, 5.74) is 3.67. The van der Waals surface area contributed by atoms with Crippen LogP contribution in [-0.2, 0) is 0 Å². The molecule has 1 heterocycles. The van der Waals surface area contributed by atoms with Crippen LogP contribution in [0, 0.1) is 0 Å². The van der Waals surface area contributed by atoms with Gasteiger partial charge in [-0.3, -0.25) is 0 Å². The molecule has 0 saturated heterocycles. The minimum Gasteiger partial charge on any atom is -0.486 e. The highest BCUT2D eigenvalue weighted by atomic mass is 16.6. The Labute approximate surface area is 119 Å². The van der Waals surface area contributed by atoms with E-state index in [2.05, 4.69) is 48.6 Å². The molecule has 3 heteroatoms. The molecule has 0 aliphatic carbocycles. The lowest BCUT2D eigenvalue weighted by Crippen LogP contribution is -2.15. The highest BCUT2D eigenvalue weighted by Crippen LogP contribution is 2.36. The summed E-state index contributed by atoms with van der Waals surface area (Å²) in [6.45, 7) is 3.40. The molecule has 0 spiro atoms. The van der Waals surface area contributed by atoms with E-state index in [1.54, 1.807) is 0 Å². The van der Waals surface area contributed by atoms with Crippen molar-refractivity contribution in [2.24, 2.45) is 0 Å². The van der Waals surface area contributed by atoms with E-state index in [1.165, 1.54) is 11.1 Å². The minimum absolute atomic E-state index is 0.305. The van der Waals surface area contributed by atoms with Crippen LogP contribution in [0.4, 0.5) is 0 Å². The lowest BCUT2D eigenvalue weighted by atomic mass is 9.95. The zero-order valence-electron chi connectivity index (χ0n) is 11.8. The molecule has 20 heavy (non-hydrogen) atoms. The van der Waals surface area contributed by atoms with Crippen molar-refractivity contribution in [1.29, 1.82) is 0 Å². The maximum absolute atomic E-state index is 5.67. The summed E-state index contributed by atoms with van der Waals surface area (Å²) in [4.78, 5) is 0. The van der Waals surface area contributed by atoms with Crippen LogP contribution in [0.2, 0.25) is 0 Å². The van der Waals surface area contributed by atoms with Crippen LogP contribution in [0.25, 0.3) is 11.1 Å². The van der Waals surface area contributed by atoms with E-state index in [4.69, 9.17) is 9.47 Å². The topological polar surface area (TPSA) is 30.5 Å². The van der Waals surface area contributed by atoms with Gasteiger partial charge >= 0.3 is 0 Å². The maximum atomic E-state index is 5.67. The van der Waals surface area contributed by atoms with Crippen molar-refractivity contribution in [1.82, 2.24) is 5.32 Å². The lowest BCUT2D eigenvalue weighted by molar-refractivity contribution is 0.171. The summed E-state index contributed by atoms with van der Waals surface area (Å²) in [6, 6.07) is 14.9. The fourth-order valence-electron chi connectivity index (χ4n) is 2.50. The Balaban J connectivity index is 2.05. The zero-order chi connectivity index (χ0) is 13.9. The van der Waals surface area contributed by atoms with E-state index in [-0.39, 0.29) is 0 Å². The average molecular weight is 269 g/mol. The van der Waals surface area contributed by atoms with Gasteiger partial charge in [0.1, 0.15) is 13.2 Å². The van der Waals surface area contributed by atoms with Crippen LogP contribution in [0.1, 0.15) is 18.5 Å². The van der Waals surface area contributed by atoms with Gasteiger partial charge in [-0.15, -0.1) is 0 Å². The average Bonchev–Trinajstić information content (AvgIpc) is 2.53. The third kappa shape index (κ3) is 2.37. The second-order valence-corrected chi connectivity index (χ2v) is 4.96. The third-order valence-electron chi connectivity index (χ3n) is 3.71. The fourth-order valence-corrected chi connectivity index (χ4v) is 2.50. The van der Waals surface area contributed by atoms with Crippen molar-refractivity contribution < 1.29 is 9.47 Å². The predicted octanol–water partition coefficient (Wildman–Crippen LogP) is 3.41. The third-order valence-corrected chi connectivity index (χ3v) is 3.71. The Morgan fingerprint density at radius 1 is 1.00 bits per heavy atom. The fraction of sp³-hybridized carbons (Fsp3) is 0.294. The lowest BCUT2D eigenvalue weighted by Gasteiger charge is -2.20. The van der Waals surface area contributed by atoms with Crippen molar-refractivity contribution >= 4 is 0 Å². The Morgan fingerprint density at radius 3 is 2.55 bits per heavy atom. The number of fused-ring (bicyclic) bond motifs is 1. The van der Waals surface area contributed by atoms with Gasteiger partial charge in [0.2, 0.25) is 0 Å². The van der Waals surface area contributed by atoms with Crippen molar-refractivity contribution in [2.75, 3.05) is 20.3 Å². The number of hydrogen-bond acceptors (Lipinski definition) is 3. The molecule has 0 amide bonds. The molecular weight excluding hydrogens is 250 g/mol. The van der Waals surface area contributed by atoms with Gasteiger partial charge in [-0.2, -0.15) is 0 Å². The number of benzene rings is 2. The van der Waals surface area contributed by atoms with E-state index in [9.17, 15) is 0 Å². The monoisotopic (exact) mass is 269 g/mol. The molecule has 3 nitrogen and oxygen atoms in total. The van der Waals surface area contributed by atoms with Crippen LogP contribution in [-0.4, -0.2) is 20.3 Å². The first kappa shape index (κ1) is 13.0. The van der Waals surface area contributed by atoms with Crippen LogP contribution in [0.5, 0.6) is 11.5 Å². The van der Waals surface area contributed by atoms with Crippen LogP contribution < -0.4 is 14.8 Å². The van der Waals surface area contributed by atoms with Gasteiger partial charge in [-0.05, 0) is 42.8 Å². The van der Waals surface area contributed by atoms with Gasteiger partial charge in [0, 0.05) is 6.04 Å². The van der Waals surface area contributed by atoms with E-state index >= 15 is 0 Å². The minimum atomic E-state index is 0.305. The second kappa shape index (κ2) is 5.55. The summed E-state index contributed by atoms with van der Waals surface area (Å²) in [5, 5.41) is 3.30. The molecule has 2 aromatic carbocycles. The summed E-state index contributed by atoms with van der Waals surface area (Å²) in [7, 11) is 1.98. The molecular formula is C17H19NO2. The van der Waals surface area contributed by atoms with Crippen molar-refractivity contribution in [3.8, 4) is 22.6 Å². The molecule has 1 N–H and O–H groups in total. The van der Waals surface area contributed by atoms with Gasteiger partial charge in [0.25, 0.3) is 0 Å². The standard InChI is InChI=1S/C17H19NO2/c1-12(18-2)14-5-3-4-6-15(14)13-7-8-16-17(11-13)20-10-9-19-16/h3-8,11-12,18H,9-10H2,1-2H3.